The average Bonchev–Trinajstić information content (AvgIpc) is 2.29. The molecule has 1 heterocycles. The lowest BCUT2D eigenvalue weighted by Gasteiger charge is -2.30. The molecular formula is C13H19N3O. The number of hydrogen-bond acceptors (Lipinski definition) is 3. The van der Waals surface area contributed by atoms with E-state index in [1.165, 1.54) is 19.4 Å². The summed E-state index contributed by atoms with van der Waals surface area (Å²) in [7, 11) is 2.13. The number of nitrogens with two attached hydrogens (primary N) is 1. The number of amides is 1. The molecule has 1 fully saturated rings. The number of carbonyl (C=O) groups excluding carboxylic acids is 1. The van der Waals surface area contributed by atoms with Crippen molar-refractivity contribution in [3.8, 4) is 0 Å². The third-order valence-electron chi connectivity index (χ3n) is 3.14. The van der Waals surface area contributed by atoms with E-state index in [2.05, 4.69) is 17.3 Å². The van der Waals surface area contributed by atoms with E-state index in [1.54, 1.807) is 6.07 Å². The van der Waals surface area contributed by atoms with Crippen LogP contribution in [-0.2, 0) is 0 Å². The average molecular weight is 233 g/mol. The van der Waals surface area contributed by atoms with Crippen molar-refractivity contribution in [2.75, 3.05) is 25.5 Å². The zero-order valence-electron chi connectivity index (χ0n) is 10.1. The van der Waals surface area contributed by atoms with Gasteiger partial charge in [-0.3, -0.25) is 4.79 Å². The highest BCUT2D eigenvalue weighted by Gasteiger charge is 2.16. The Hall–Kier alpha value is -1.55. The van der Waals surface area contributed by atoms with Crippen molar-refractivity contribution in [1.29, 1.82) is 0 Å². The molecule has 1 aliphatic rings. The minimum absolute atomic E-state index is 0.380. The van der Waals surface area contributed by atoms with Gasteiger partial charge in [0.2, 0.25) is 5.91 Å². The molecular weight excluding hydrogens is 214 g/mol. The van der Waals surface area contributed by atoms with Gasteiger partial charge in [-0.05, 0) is 44.6 Å². The number of anilines is 1. The fourth-order valence-corrected chi connectivity index (χ4v) is 2.28. The van der Waals surface area contributed by atoms with Crippen molar-refractivity contribution in [1.82, 2.24) is 4.90 Å². The predicted molar refractivity (Wildman–Crippen MR) is 69.1 cm³/mol. The fourth-order valence-electron chi connectivity index (χ4n) is 2.28. The van der Waals surface area contributed by atoms with Crippen molar-refractivity contribution in [3.05, 3.63) is 29.8 Å². The van der Waals surface area contributed by atoms with Gasteiger partial charge in [-0.15, -0.1) is 0 Å². The second-order valence-corrected chi connectivity index (χ2v) is 4.69. The van der Waals surface area contributed by atoms with E-state index >= 15 is 0 Å². The molecule has 1 atom stereocenters. The molecule has 92 valence electrons. The fraction of sp³-hybridized carbons (Fsp3) is 0.462. The topological polar surface area (TPSA) is 58.4 Å². The Kier molecular flexibility index (Phi) is 3.64. The van der Waals surface area contributed by atoms with Crippen molar-refractivity contribution < 1.29 is 4.79 Å². The Morgan fingerprint density at radius 1 is 1.53 bits per heavy atom. The first-order valence-electron chi connectivity index (χ1n) is 6.00. The molecule has 0 saturated carbocycles. The molecule has 1 aromatic carbocycles. The third-order valence-corrected chi connectivity index (χ3v) is 3.14. The van der Waals surface area contributed by atoms with Crippen LogP contribution in [0.15, 0.2) is 24.3 Å². The molecule has 4 heteroatoms. The summed E-state index contributed by atoms with van der Waals surface area (Å²) in [5.74, 6) is -0.380. The number of hydrogen-bond donors (Lipinski definition) is 2. The molecule has 0 bridgehead atoms. The highest BCUT2D eigenvalue weighted by atomic mass is 16.1. The van der Waals surface area contributed by atoms with Crippen LogP contribution in [0.2, 0.25) is 0 Å². The number of piperidine rings is 1. The van der Waals surface area contributed by atoms with Crippen LogP contribution in [0.5, 0.6) is 0 Å². The SMILES string of the molecule is CN1CCCC(Nc2cccc(C(N)=O)c2)C1. The quantitative estimate of drug-likeness (QED) is 0.827. The second kappa shape index (κ2) is 5.19. The molecule has 1 amide bonds. The Balaban J connectivity index is 2.02. The Labute approximate surface area is 102 Å². The maximum atomic E-state index is 11.1. The van der Waals surface area contributed by atoms with E-state index in [0.717, 1.165) is 12.2 Å². The van der Waals surface area contributed by atoms with Gasteiger partial charge in [0, 0.05) is 23.8 Å². The van der Waals surface area contributed by atoms with Crippen LogP contribution in [0, 0.1) is 0 Å². The Morgan fingerprint density at radius 3 is 3.06 bits per heavy atom. The number of likely N-dealkylation sites (N-methyl/N-ethyl adjacent to an activating group) is 1. The predicted octanol–water partition coefficient (Wildman–Crippen LogP) is 1.29. The first-order chi connectivity index (χ1) is 8.15. The highest BCUT2D eigenvalue weighted by molar-refractivity contribution is 5.93. The highest BCUT2D eigenvalue weighted by Crippen LogP contribution is 2.16. The number of carbonyl (C=O) groups is 1. The number of nitrogens with one attached hydrogen (secondary N) is 1. The lowest BCUT2D eigenvalue weighted by Crippen LogP contribution is -2.39. The lowest BCUT2D eigenvalue weighted by atomic mass is 10.1. The lowest BCUT2D eigenvalue weighted by molar-refractivity contribution is 0.100. The summed E-state index contributed by atoms with van der Waals surface area (Å²) in [5, 5.41) is 3.46. The molecule has 2 rings (SSSR count). The summed E-state index contributed by atoms with van der Waals surface area (Å²) in [6.07, 6.45) is 2.38. The van der Waals surface area contributed by atoms with Crippen molar-refractivity contribution in [2.45, 2.75) is 18.9 Å². The molecule has 0 spiro atoms. The monoisotopic (exact) mass is 233 g/mol. The van der Waals surface area contributed by atoms with Crippen molar-refractivity contribution >= 4 is 11.6 Å². The number of primary amides is 1. The molecule has 0 aliphatic carbocycles. The van der Waals surface area contributed by atoms with Crippen LogP contribution in [0.3, 0.4) is 0 Å². The number of benzene rings is 1. The molecule has 1 unspecified atom stereocenters. The Morgan fingerprint density at radius 2 is 2.35 bits per heavy atom. The standard InChI is InChI=1S/C13H19N3O/c1-16-7-3-6-12(9-16)15-11-5-2-4-10(8-11)13(14)17/h2,4-5,8,12,15H,3,6-7,9H2,1H3,(H2,14,17). The van der Waals surface area contributed by atoms with Crippen LogP contribution >= 0.6 is 0 Å². The van der Waals surface area contributed by atoms with Crippen LogP contribution < -0.4 is 11.1 Å². The molecule has 1 aromatic rings. The molecule has 1 saturated heterocycles. The maximum Gasteiger partial charge on any atom is 0.248 e. The van der Waals surface area contributed by atoms with E-state index in [4.69, 9.17) is 5.73 Å². The summed E-state index contributed by atoms with van der Waals surface area (Å²) in [6, 6.07) is 7.84. The van der Waals surface area contributed by atoms with E-state index in [0.29, 0.717) is 11.6 Å². The smallest absolute Gasteiger partial charge is 0.248 e. The molecule has 17 heavy (non-hydrogen) atoms. The normalized spacial score (nSPS) is 21.1. The van der Waals surface area contributed by atoms with Crippen molar-refractivity contribution in [3.63, 3.8) is 0 Å². The first kappa shape index (κ1) is 11.9. The summed E-state index contributed by atoms with van der Waals surface area (Å²) in [4.78, 5) is 13.4. The van der Waals surface area contributed by atoms with Gasteiger partial charge in [0.1, 0.15) is 0 Å². The third kappa shape index (κ3) is 3.20. The summed E-state index contributed by atoms with van der Waals surface area (Å²) in [6.45, 7) is 2.21. The van der Waals surface area contributed by atoms with Crippen LogP contribution in [0.4, 0.5) is 5.69 Å². The van der Waals surface area contributed by atoms with Gasteiger partial charge < -0.3 is 16.0 Å². The van der Waals surface area contributed by atoms with Crippen LogP contribution in [-0.4, -0.2) is 37.0 Å². The number of likely N-dealkylation sites (tertiary alicyclic amines) is 1. The first-order valence-corrected chi connectivity index (χ1v) is 6.00. The Bertz CT molecular complexity index is 405. The van der Waals surface area contributed by atoms with E-state index < -0.39 is 0 Å². The molecule has 4 nitrogen and oxygen atoms in total. The van der Waals surface area contributed by atoms with Gasteiger partial charge in [0.05, 0.1) is 0 Å². The molecule has 0 radical (unpaired) electrons. The van der Waals surface area contributed by atoms with Gasteiger partial charge in [-0.25, -0.2) is 0 Å². The van der Waals surface area contributed by atoms with Crippen molar-refractivity contribution in [2.24, 2.45) is 5.73 Å². The second-order valence-electron chi connectivity index (χ2n) is 4.69. The molecule has 3 N–H and O–H groups in total. The van der Waals surface area contributed by atoms with Crippen LogP contribution in [0.1, 0.15) is 23.2 Å². The largest absolute Gasteiger partial charge is 0.381 e. The molecule has 0 aromatic heterocycles. The summed E-state index contributed by atoms with van der Waals surface area (Å²) < 4.78 is 0. The van der Waals surface area contributed by atoms with E-state index in [9.17, 15) is 4.79 Å². The van der Waals surface area contributed by atoms with E-state index in [-0.39, 0.29) is 5.91 Å². The summed E-state index contributed by atoms with van der Waals surface area (Å²) in [5.41, 5.74) is 6.79. The van der Waals surface area contributed by atoms with Gasteiger partial charge >= 0.3 is 0 Å². The number of nitrogens with zero attached hydrogens (tertiary/aromatic N) is 1. The van der Waals surface area contributed by atoms with Gasteiger partial charge in [-0.2, -0.15) is 0 Å². The summed E-state index contributed by atoms with van der Waals surface area (Å²) >= 11 is 0. The minimum atomic E-state index is -0.380. The van der Waals surface area contributed by atoms with Gasteiger partial charge in [0.15, 0.2) is 0 Å². The molecule has 1 aliphatic heterocycles. The minimum Gasteiger partial charge on any atom is -0.381 e. The number of rotatable bonds is 3. The van der Waals surface area contributed by atoms with Crippen LogP contribution in [0.25, 0.3) is 0 Å². The maximum absolute atomic E-state index is 11.1. The van der Waals surface area contributed by atoms with E-state index in [1.807, 2.05) is 18.2 Å². The zero-order chi connectivity index (χ0) is 12.3. The van der Waals surface area contributed by atoms with Gasteiger partial charge in [-0.1, -0.05) is 6.07 Å². The zero-order valence-corrected chi connectivity index (χ0v) is 10.1. The van der Waals surface area contributed by atoms with Gasteiger partial charge in [0.25, 0.3) is 0 Å².